The van der Waals surface area contributed by atoms with Gasteiger partial charge in [0.25, 0.3) is 0 Å². The number of rotatable bonds is 4. The first kappa shape index (κ1) is 11.3. The number of hydrogen-bond donors (Lipinski definition) is 0. The Hall–Kier alpha value is -1.19. The molecule has 0 radical (unpaired) electrons. The minimum Gasteiger partial charge on any atom is -0.299 e. The summed E-state index contributed by atoms with van der Waals surface area (Å²) < 4.78 is 1.88. The minimum atomic E-state index is -0.154. The molecular weight excluding hydrogens is 202 g/mol. The normalized spacial score (nSPS) is 25.2. The highest BCUT2D eigenvalue weighted by Crippen LogP contribution is 2.46. The molecule has 0 bridgehead atoms. The summed E-state index contributed by atoms with van der Waals surface area (Å²) in [5.41, 5.74) is -0.154. The zero-order valence-electron chi connectivity index (χ0n) is 10.2. The molecule has 0 aliphatic heterocycles. The second-order valence-corrected chi connectivity index (χ2v) is 5.44. The zero-order valence-corrected chi connectivity index (χ0v) is 10.2. The summed E-state index contributed by atoms with van der Waals surface area (Å²) in [6.45, 7) is 6.76. The molecule has 0 amide bonds. The van der Waals surface area contributed by atoms with Gasteiger partial charge in [-0.05, 0) is 31.6 Å². The molecule has 4 nitrogen and oxygen atoms in total. The van der Waals surface area contributed by atoms with Crippen LogP contribution in [-0.2, 0) is 11.3 Å². The van der Waals surface area contributed by atoms with E-state index in [-0.39, 0.29) is 5.41 Å². The molecular formula is C12H19N3O. The van der Waals surface area contributed by atoms with Crippen LogP contribution in [0.15, 0.2) is 12.4 Å². The second kappa shape index (κ2) is 4.00. The zero-order chi connectivity index (χ0) is 11.8. The third-order valence-corrected chi connectivity index (χ3v) is 4.08. The summed E-state index contributed by atoms with van der Waals surface area (Å²) in [7, 11) is 0. The first-order valence-electron chi connectivity index (χ1n) is 5.85. The molecule has 16 heavy (non-hydrogen) atoms. The molecule has 2 rings (SSSR count). The Morgan fingerprint density at radius 3 is 2.69 bits per heavy atom. The number of carbonyl (C=O) groups excluding carboxylic acids is 1. The monoisotopic (exact) mass is 221 g/mol. The predicted molar refractivity (Wildman–Crippen MR) is 60.7 cm³/mol. The summed E-state index contributed by atoms with van der Waals surface area (Å²) >= 11 is 0. The maximum atomic E-state index is 11.5. The third-order valence-electron chi connectivity index (χ3n) is 4.08. The first-order valence-corrected chi connectivity index (χ1v) is 5.85. The summed E-state index contributed by atoms with van der Waals surface area (Å²) in [6.07, 6.45) is 5.86. The van der Waals surface area contributed by atoms with E-state index in [0.717, 1.165) is 19.4 Å². The number of hydrogen-bond acceptors (Lipinski definition) is 3. The Kier molecular flexibility index (Phi) is 2.82. The molecule has 88 valence electrons. The SMILES string of the molecule is CC(=O)C(C)(C)C1CC(Cn2ccnn2)C1. The van der Waals surface area contributed by atoms with E-state index in [9.17, 15) is 4.79 Å². The number of ketones is 1. The summed E-state index contributed by atoms with van der Waals surface area (Å²) in [5, 5.41) is 7.75. The fraction of sp³-hybridized carbons (Fsp3) is 0.750. The summed E-state index contributed by atoms with van der Waals surface area (Å²) in [4.78, 5) is 11.5. The van der Waals surface area contributed by atoms with Crippen LogP contribution in [0.2, 0.25) is 0 Å². The van der Waals surface area contributed by atoms with Crippen LogP contribution in [0, 0.1) is 17.3 Å². The Balaban J connectivity index is 1.84. The van der Waals surface area contributed by atoms with Gasteiger partial charge < -0.3 is 0 Å². The van der Waals surface area contributed by atoms with Gasteiger partial charge in [0.2, 0.25) is 0 Å². The van der Waals surface area contributed by atoms with E-state index < -0.39 is 0 Å². The molecule has 1 aliphatic rings. The van der Waals surface area contributed by atoms with Crippen molar-refractivity contribution in [1.82, 2.24) is 15.0 Å². The maximum Gasteiger partial charge on any atom is 0.135 e. The molecule has 1 fully saturated rings. The lowest BCUT2D eigenvalue weighted by molar-refractivity contribution is -0.130. The topological polar surface area (TPSA) is 47.8 Å². The molecule has 0 spiro atoms. The Morgan fingerprint density at radius 1 is 1.50 bits per heavy atom. The van der Waals surface area contributed by atoms with Gasteiger partial charge in [-0.25, -0.2) is 0 Å². The highest BCUT2D eigenvalue weighted by atomic mass is 16.1. The molecule has 1 saturated carbocycles. The van der Waals surface area contributed by atoms with E-state index in [4.69, 9.17) is 0 Å². The molecule has 4 heteroatoms. The van der Waals surface area contributed by atoms with E-state index in [1.807, 2.05) is 10.9 Å². The lowest BCUT2D eigenvalue weighted by atomic mass is 9.61. The molecule has 1 heterocycles. The Morgan fingerprint density at radius 2 is 2.19 bits per heavy atom. The minimum absolute atomic E-state index is 0.154. The van der Waals surface area contributed by atoms with Crippen LogP contribution in [0.25, 0.3) is 0 Å². The van der Waals surface area contributed by atoms with Crippen LogP contribution < -0.4 is 0 Å². The fourth-order valence-corrected chi connectivity index (χ4v) is 2.36. The summed E-state index contributed by atoms with van der Waals surface area (Å²) in [5.74, 6) is 1.50. The molecule has 1 aromatic rings. The molecule has 0 aromatic carbocycles. The van der Waals surface area contributed by atoms with Crippen LogP contribution in [0.3, 0.4) is 0 Å². The molecule has 0 saturated heterocycles. The van der Waals surface area contributed by atoms with Crippen LogP contribution in [-0.4, -0.2) is 20.8 Å². The largest absolute Gasteiger partial charge is 0.299 e. The summed E-state index contributed by atoms with van der Waals surface area (Å²) in [6, 6.07) is 0. The molecule has 0 atom stereocenters. The molecule has 0 unspecified atom stereocenters. The lowest BCUT2D eigenvalue weighted by Gasteiger charge is -2.44. The van der Waals surface area contributed by atoms with Gasteiger partial charge in [-0.3, -0.25) is 9.48 Å². The van der Waals surface area contributed by atoms with Gasteiger partial charge in [0, 0.05) is 18.2 Å². The van der Waals surface area contributed by atoms with Crippen molar-refractivity contribution >= 4 is 5.78 Å². The first-order chi connectivity index (χ1) is 7.50. The average molecular weight is 221 g/mol. The van der Waals surface area contributed by atoms with Crippen LogP contribution >= 0.6 is 0 Å². The van der Waals surface area contributed by atoms with E-state index in [1.165, 1.54) is 0 Å². The number of aromatic nitrogens is 3. The van der Waals surface area contributed by atoms with Gasteiger partial charge in [-0.15, -0.1) is 5.10 Å². The highest BCUT2D eigenvalue weighted by molar-refractivity contribution is 5.81. The number of nitrogens with zero attached hydrogens (tertiary/aromatic N) is 3. The number of Topliss-reactive ketones (excluding diaryl/α,β-unsaturated/α-hetero) is 1. The van der Waals surface area contributed by atoms with Gasteiger partial charge in [0.15, 0.2) is 0 Å². The van der Waals surface area contributed by atoms with Crippen LogP contribution in [0.5, 0.6) is 0 Å². The highest BCUT2D eigenvalue weighted by Gasteiger charge is 2.42. The van der Waals surface area contributed by atoms with Crippen molar-refractivity contribution in [1.29, 1.82) is 0 Å². The van der Waals surface area contributed by atoms with E-state index >= 15 is 0 Å². The fourth-order valence-electron chi connectivity index (χ4n) is 2.36. The smallest absolute Gasteiger partial charge is 0.135 e. The van der Waals surface area contributed by atoms with Crippen LogP contribution in [0.1, 0.15) is 33.6 Å². The maximum absolute atomic E-state index is 11.5. The third kappa shape index (κ3) is 2.01. The molecule has 1 aliphatic carbocycles. The van der Waals surface area contributed by atoms with Crippen molar-refractivity contribution in [2.75, 3.05) is 0 Å². The molecule has 0 N–H and O–H groups in total. The Labute approximate surface area is 96.0 Å². The van der Waals surface area contributed by atoms with E-state index in [0.29, 0.717) is 17.6 Å². The van der Waals surface area contributed by atoms with E-state index in [1.54, 1.807) is 13.1 Å². The Bertz CT molecular complexity index is 364. The van der Waals surface area contributed by atoms with Gasteiger partial charge in [0.1, 0.15) is 5.78 Å². The van der Waals surface area contributed by atoms with Crippen molar-refractivity contribution in [3.05, 3.63) is 12.4 Å². The predicted octanol–water partition coefficient (Wildman–Crippen LogP) is 1.92. The van der Waals surface area contributed by atoms with Crippen molar-refractivity contribution in [3.63, 3.8) is 0 Å². The van der Waals surface area contributed by atoms with Gasteiger partial charge in [-0.1, -0.05) is 19.1 Å². The molecule has 1 aromatic heterocycles. The van der Waals surface area contributed by atoms with Crippen molar-refractivity contribution in [3.8, 4) is 0 Å². The van der Waals surface area contributed by atoms with Crippen molar-refractivity contribution < 1.29 is 4.79 Å². The standard InChI is InChI=1S/C12H19N3O/c1-9(16)12(2,3)11-6-10(7-11)8-15-5-4-13-14-15/h4-5,10-11H,6-8H2,1-3H3. The van der Waals surface area contributed by atoms with Crippen molar-refractivity contribution in [2.24, 2.45) is 17.3 Å². The van der Waals surface area contributed by atoms with E-state index in [2.05, 4.69) is 24.2 Å². The second-order valence-electron chi connectivity index (χ2n) is 5.44. The lowest BCUT2D eigenvalue weighted by Crippen LogP contribution is -2.41. The quantitative estimate of drug-likeness (QED) is 0.780. The van der Waals surface area contributed by atoms with Gasteiger partial charge >= 0.3 is 0 Å². The van der Waals surface area contributed by atoms with Gasteiger partial charge in [0.05, 0.1) is 6.20 Å². The number of carbonyl (C=O) groups is 1. The average Bonchev–Trinajstić information content (AvgIpc) is 2.62. The van der Waals surface area contributed by atoms with Crippen molar-refractivity contribution in [2.45, 2.75) is 40.2 Å². The van der Waals surface area contributed by atoms with Gasteiger partial charge in [-0.2, -0.15) is 0 Å². The van der Waals surface area contributed by atoms with Crippen LogP contribution in [0.4, 0.5) is 0 Å².